The van der Waals surface area contributed by atoms with Gasteiger partial charge >= 0.3 is 0 Å². The molecule has 2 aromatic carbocycles. The molecular weight excluding hydrogens is 232 g/mol. The Morgan fingerprint density at radius 3 is 2.11 bits per heavy atom. The Labute approximate surface area is 113 Å². The molecule has 0 N–H and O–H groups in total. The Balaban J connectivity index is 2.04. The molecule has 0 aliphatic carbocycles. The van der Waals surface area contributed by atoms with Crippen molar-refractivity contribution >= 4 is 0 Å². The molecule has 0 unspecified atom stereocenters. The average Bonchev–Trinajstić information content (AvgIpc) is 2.83. The molecule has 1 heteroatoms. The smallest absolute Gasteiger partial charge is 0.137 e. The second kappa shape index (κ2) is 4.77. The molecule has 0 radical (unpaired) electrons. The summed E-state index contributed by atoms with van der Waals surface area (Å²) in [7, 11) is 0. The van der Waals surface area contributed by atoms with Crippen LogP contribution in [0.4, 0.5) is 0 Å². The summed E-state index contributed by atoms with van der Waals surface area (Å²) in [5.74, 6) is 1.88. The predicted octanol–water partition coefficient (Wildman–Crippen LogP) is 5.23. The zero-order valence-electron chi connectivity index (χ0n) is 11.2. The fourth-order valence-corrected chi connectivity index (χ4v) is 2.22. The van der Waals surface area contributed by atoms with Crippen LogP contribution in [0, 0.1) is 13.8 Å². The van der Waals surface area contributed by atoms with Crippen LogP contribution in [0.2, 0.25) is 0 Å². The zero-order valence-corrected chi connectivity index (χ0v) is 11.2. The summed E-state index contributed by atoms with van der Waals surface area (Å²) in [4.78, 5) is 0. The van der Waals surface area contributed by atoms with E-state index in [0.29, 0.717) is 0 Å². The van der Waals surface area contributed by atoms with Crippen molar-refractivity contribution in [2.24, 2.45) is 0 Å². The van der Waals surface area contributed by atoms with E-state index in [1.807, 2.05) is 18.2 Å². The van der Waals surface area contributed by atoms with E-state index in [4.69, 9.17) is 4.42 Å². The van der Waals surface area contributed by atoms with Gasteiger partial charge in [-0.05, 0) is 25.5 Å². The number of hydrogen-bond donors (Lipinski definition) is 0. The molecule has 0 fully saturated rings. The van der Waals surface area contributed by atoms with Crippen LogP contribution < -0.4 is 0 Å². The van der Waals surface area contributed by atoms with E-state index in [-0.39, 0.29) is 0 Å². The predicted molar refractivity (Wildman–Crippen MR) is 79.1 cm³/mol. The SMILES string of the molecule is Cc1ccc(-c2cc(C)c(-c3ccccc3)o2)cc1. The highest BCUT2D eigenvalue weighted by atomic mass is 16.3. The highest BCUT2D eigenvalue weighted by Crippen LogP contribution is 2.32. The Morgan fingerprint density at radius 1 is 0.737 bits per heavy atom. The molecule has 94 valence electrons. The summed E-state index contributed by atoms with van der Waals surface area (Å²) in [6.07, 6.45) is 0. The molecule has 1 aromatic heterocycles. The standard InChI is InChI=1S/C18H16O/c1-13-8-10-15(11-9-13)17-12-14(2)18(19-17)16-6-4-3-5-7-16/h3-12H,1-2H3. The largest absolute Gasteiger partial charge is 0.456 e. The Kier molecular flexibility index (Phi) is 2.96. The first-order valence-corrected chi connectivity index (χ1v) is 6.47. The van der Waals surface area contributed by atoms with Crippen molar-refractivity contribution in [2.45, 2.75) is 13.8 Å². The molecule has 3 aromatic rings. The lowest BCUT2D eigenvalue weighted by Gasteiger charge is -1.99. The van der Waals surface area contributed by atoms with Crippen molar-refractivity contribution in [1.82, 2.24) is 0 Å². The van der Waals surface area contributed by atoms with Crippen LogP contribution >= 0.6 is 0 Å². The van der Waals surface area contributed by atoms with Crippen LogP contribution in [-0.4, -0.2) is 0 Å². The van der Waals surface area contributed by atoms with Crippen LogP contribution in [0.3, 0.4) is 0 Å². The summed E-state index contributed by atoms with van der Waals surface area (Å²) in [5, 5.41) is 0. The van der Waals surface area contributed by atoms with E-state index in [1.165, 1.54) is 11.1 Å². The van der Waals surface area contributed by atoms with Crippen molar-refractivity contribution in [1.29, 1.82) is 0 Å². The normalized spacial score (nSPS) is 10.6. The molecule has 0 aliphatic rings. The zero-order chi connectivity index (χ0) is 13.2. The lowest BCUT2D eigenvalue weighted by atomic mass is 10.1. The minimum atomic E-state index is 0.927. The number of rotatable bonds is 2. The molecule has 0 saturated carbocycles. The maximum Gasteiger partial charge on any atom is 0.137 e. The average molecular weight is 248 g/mol. The third kappa shape index (κ3) is 2.32. The molecule has 0 bridgehead atoms. The van der Waals surface area contributed by atoms with Gasteiger partial charge in [0.2, 0.25) is 0 Å². The first-order chi connectivity index (χ1) is 9.24. The fraction of sp³-hybridized carbons (Fsp3) is 0.111. The Bertz CT molecular complexity index is 675. The van der Waals surface area contributed by atoms with Crippen molar-refractivity contribution in [2.75, 3.05) is 0 Å². The van der Waals surface area contributed by atoms with Gasteiger partial charge in [-0.2, -0.15) is 0 Å². The van der Waals surface area contributed by atoms with Gasteiger partial charge in [-0.15, -0.1) is 0 Å². The molecule has 0 atom stereocenters. The number of hydrogen-bond acceptors (Lipinski definition) is 1. The molecule has 0 amide bonds. The van der Waals surface area contributed by atoms with Gasteiger partial charge in [0.15, 0.2) is 0 Å². The van der Waals surface area contributed by atoms with Gasteiger partial charge in [0, 0.05) is 11.1 Å². The Morgan fingerprint density at radius 2 is 1.42 bits per heavy atom. The summed E-state index contributed by atoms with van der Waals surface area (Å²) < 4.78 is 6.03. The van der Waals surface area contributed by atoms with Gasteiger partial charge in [0.05, 0.1) is 0 Å². The number of aryl methyl sites for hydroxylation is 2. The molecule has 19 heavy (non-hydrogen) atoms. The van der Waals surface area contributed by atoms with Gasteiger partial charge in [0.25, 0.3) is 0 Å². The molecule has 0 spiro atoms. The van der Waals surface area contributed by atoms with E-state index in [9.17, 15) is 0 Å². The van der Waals surface area contributed by atoms with Gasteiger partial charge < -0.3 is 4.42 Å². The quantitative estimate of drug-likeness (QED) is 0.605. The van der Waals surface area contributed by atoms with Crippen LogP contribution in [0.15, 0.2) is 65.1 Å². The van der Waals surface area contributed by atoms with E-state index in [1.54, 1.807) is 0 Å². The van der Waals surface area contributed by atoms with Crippen molar-refractivity contribution in [3.63, 3.8) is 0 Å². The van der Waals surface area contributed by atoms with Crippen molar-refractivity contribution < 1.29 is 4.42 Å². The summed E-state index contributed by atoms with van der Waals surface area (Å²) in [6, 6.07) is 20.7. The molecule has 3 rings (SSSR count). The van der Waals surface area contributed by atoms with Gasteiger partial charge in [-0.1, -0.05) is 60.2 Å². The van der Waals surface area contributed by atoms with Crippen molar-refractivity contribution in [3.05, 3.63) is 71.8 Å². The minimum Gasteiger partial charge on any atom is -0.456 e. The molecule has 0 saturated heterocycles. The lowest BCUT2D eigenvalue weighted by molar-refractivity contribution is 0.595. The summed E-state index contributed by atoms with van der Waals surface area (Å²) in [5.41, 5.74) is 4.67. The molecule has 1 heterocycles. The molecule has 1 nitrogen and oxygen atoms in total. The topological polar surface area (TPSA) is 13.1 Å². The first kappa shape index (κ1) is 11.8. The minimum absolute atomic E-state index is 0.927. The monoisotopic (exact) mass is 248 g/mol. The van der Waals surface area contributed by atoms with E-state index >= 15 is 0 Å². The Hall–Kier alpha value is -2.28. The summed E-state index contributed by atoms with van der Waals surface area (Å²) in [6.45, 7) is 4.18. The second-order valence-corrected chi connectivity index (χ2v) is 4.85. The van der Waals surface area contributed by atoms with Gasteiger partial charge in [0.1, 0.15) is 11.5 Å². The van der Waals surface area contributed by atoms with Gasteiger partial charge in [-0.3, -0.25) is 0 Å². The summed E-state index contributed by atoms with van der Waals surface area (Å²) >= 11 is 0. The van der Waals surface area contributed by atoms with Crippen LogP contribution in [0.1, 0.15) is 11.1 Å². The third-order valence-electron chi connectivity index (χ3n) is 3.29. The first-order valence-electron chi connectivity index (χ1n) is 6.47. The van der Waals surface area contributed by atoms with E-state index in [0.717, 1.165) is 22.6 Å². The van der Waals surface area contributed by atoms with Crippen LogP contribution in [0.25, 0.3) is 22.6 Å². The van der Waals surface area contributed by atoms with E-state index in [2.05, 4.69) is 56.3 Å². The number of benzene rings is 2. The van der Waals surface area contributed by atoms with Gasteiger partial charge in [-0.25, -0.2) is 0 Å². The maximum absolute atomic E-state index is 6.03. The lowest BCUT2D eigenvalue weighted by Crippen LogP contribution is -1.75. The highest BCUT2D eigenvalue weighted by molar-refractivity contribution is 5.68. The maximum atomic E-state index is 6.03. The highest BCUT2D eigenvalue weighted by Gasteiger charge is 2.10. The second-order valence-electron chi connectivity index (χ2n) is 4.85. The van der Waals surface area contributed by atoms with Crippen LogP contribution in [-0.2, 0) is 0 Å². The fourth-order valence-electron chi connectivity index (χ4n) is 2.22. The molecular formula is C18H16O. The van der Waals surface area contributed by atoms with Crippen molar-refractivity contribution in [3.8, 4) is 22.6 Å². The van der Waals surface area contributed by atoms with Crippen LogP contribution in [0.5, 0.6) is 0 Å². The third-order valence-corrected chi connectivity index (χ3v) is 3.29. The number of furan rings is 1. The molecule has 0 aliphatic heterocycles. The van der Waals surface area contributed by atoms with E-state index < -0.39 is 0 Å².